The number of ether oxygens (including phenoxy) is 1. The molecule has 1 aromatic heterocycles. The number of benzene rings is 8. The molecule has 4 heteroatoms. The molecule has 0 fully saturated rings. The first-order valence-electron chi connectivity index (χ1n) is 17.5. The lowest BCUT2D eigenvalue weighted by atomic mass is 9.90. The van der Waals surface area contributed by atoms with Crippen LogP contribution in [0.4, 0.5) is 17.1 Å². The summed E-state index contributed by atoms with van der Waals surface area (Å²) in [6.45, 7) is 0. The largest absolute Gasteiger partial charge is 0.456 e. The second-order valence-corrected chi connectivity index (χ2v) is 13.0. The van der Waals surface area contributed by atoms with Crippen LogP contribution in [0.15, 0.2) is 188 Å². The van der Waals surface area contributed by atoms with Gasteiger partial charge in [0.2, 0.25) is 0 Å². The third-order valence-electron chi connectivity index (χ3n) is 9.87. The van der Waals surface area contributed by atoms with E-state index in [0.717, 1.165) is 83.7 Å². The van der Waals surface area contributed by atoms with Crippen LogP contribution in [0.2, 0.25) is 0 Å². The van der Waals surface area contributed by atoms with E-state index >= 15 is 0 Å². The van der Waals surface area contributed by atoms with E-state index in [4.69, 9.17) is 14.7 Å². The first-order chi connectivity index (χ1) is 25.8. The van der Waals surface area contributed by atoms with Crippen LogP contribution in [0.25, 0.3) is 66.6 Å². The number of anilines is 3. The van der Waals surface area contributed by atoms with Crippen molar-refractivity contribution < 1.29 is 4.74 Å². The fourth-order valence-corrected chi connectivity index (χ4v) is 7.43. The molecule has 0 saturated heterocycles. The molecule has 0 unspecified atom stereocenters. The molecule has 0 radical (unpaired) electrons. The fraction of sp³-hybridized carbons (Fsp3) is 0. The van der Waals surface area contributed by atoms with E-state index in [9.17, 15) is 0 Å². The highest BCUT2D eigenvalue weighted by Gasteiger charge is 2.24. The highest BCUT2D eigenvalue weighted by atomic mass is 16.5. The van der Waals surface area contributed by atoms with Crippen molar-refractivity contribution in [2.75, 3.05) is 4.90 Å². The molecule has 244 valence electrons. The highest BCUT2D eigenvalue weighted by molar-refractivity contribution is 6.10. The van der Waals surface area contributed by atoms with E-state index in [1.807, 2.05) is 42.5 Å². The van der Waals surface area contributed by atoms with Crippen molar-refractivity contribution >= 4 is 38.7 Å². The molecule has 1 aliphatic rings. The molecule has 0 bridgehead atoms. The van der Waals surface area contributed by atoms with Gasteiger partial charge in [-0.3, -0.25) is 0 Å². The molecule has 1 aliphatic heterocycles. The van der Waals surface area contributed by atoms with E-state index < -0.39 is 0 Å². The van der Waals surface area contributed by atoms with Crippen molar-refractivity contribution in [1.29, 1.82) is 0 Å². The van der Waals surface area contributed by atoms with E-state index in [1.54, 1.807) is 0 Å². The molecule has 4 nitrogen and oxygen atoms in total. The first-order valence-corrected chi connectivity index (χ1v) is 17.5. The molecule has 0 atom stereocenters. The Morgan fingerprint density at radius 3 is 1.77 bits per heavy atom. The molecule has 2 heterocycles. The zero-order valence-electron chi connectivity index (χ0n) is 28.1. The minimum Gasteiger partial charge on any atom is -0.456 e. The average molecular weight is 666 g/mol. The molecule has 0 saturated carbocycles. The van der Waals surface area contributed by atoms with Crippen LogP contribution < -0.4 is 9.64 Å². The molecular weight excluding hydrogens is 635 g/mol. The van der Waals surface area contributed by atoms with Gasteiger partial charge in [0.15, 0.2) is 5.82 Å². The van der Waals surface area contributed by atoms with Gasteiger partial charge < -0.3 is 9.64 Å². The van der Waals surface area contributed by atoms with E-state index in [2.05, 4.69) is 150 Å². The Hall–Kier alpha value is -7.04. The lowest BCUT2D eigenvalue weighted by Crippen LogP contribution is -2.10. The molecule has 8 aromatic carbocycles. The van der Waals surface area contributed by atoms with E-state index in [0.29, 0.717) is 5.82 Å². The van der Waals surface area contributed by atoms with Crippen molar-refractivity contribution in [3.63, 3.8) is 0 Å². The minimum atomic E-state index is 0.712. The second-order valence-electron chi connectivity index (χ2n) is 13.0. The first kappa shape index (κ1) is 29.8. The standard InChI is InChI=1S/C48H31N3O/c1-4-13-33(14-5-1)47-42-19-10-11-22-43(42)49-48(50-47)34-25-23-32(24-26-34)38-29-30-44-46-40(38)20-12-21-41(46)39-28-27-37(31-45(39)52-44)51(35-15-6-2-7-16-35)36-17-8-3-9-18-36/h1-31H. The summed E-state index contributed by atoms with van der Waals surface area (Å²) in [6.07, 6.45) is 0. The van der Waals surface area contributed by atoms with Crippen molar-refractivity contribution in [3.05, 3.63) is 188 Å². The molecule has 52 heavy (non-hydrogen) atoms. The van der Waals surface area contributed by atoms with Crippen molar-refractivity contribution in [3.8, 4) is 56.4 Å². The van der Waals surface area contributed by atoms with Gasteiger partial charge in [-0.25, -0.2) is 9.97 Å². The Bertz CT molecular complexity index is 2710. The number of hydrogen-bond donors (Lipinski definition) is 0. The van der Waals surface area contributed by atoms with E-state index in [1.165, 1.54) is 5.56 Å². The smallest absolute Gasteiger partial charge is 0.160 e. The number of rotatable bonds is 6. The van der Waals surface area contributed by atoms with Gasteiger partial charge in [-0.1, -0.05) is 133 Å². The van der Waals surface area contributed by atoms with Gasteiger partial charge in [0.1, 0.15) is 11.5 Å². The number of fused-ring (bicyclic) bond motifs is 3. The van der Waals surface area contributed by atoms with Crippen LogP contribution in [-0.4, -0.2) is 9.97 Å². The summed E-state index contributed by atoms with van der Waals surface area (Å²) in [4.78, 5) is 12.3. The van der Waals surface area contributed by atoms with Crippen molar-refractivity contribution in [2.45, 2.75) is 0 Å². The lowest BCUT2D eigenvalue weighted by Gasteiger charge is -2.28. The Morgan fingerprint density at radius 1 is 0.385 bits per heavy atom. The van der Waals surface area contributed by atoms with Crippen LogP contribution in [0.1, 0.15) is 0 Å². The number of aromatic nitrogens is 2. The van der Waals surface area contributed by atoms with Crippen LogP contribution in [0.5, 0.6) is 11.5 Å². The topological polar surface area (TPSA) is 38.2 Å². The van der Waals surface area contributed by atoms with Gasteiger partial charge >= 0.3 is 0 Å². The maximum atomic E-state index is 6.72. The molecule has 10 rings (SSSR count). The summed E-state index contributed by atoms with van der Waals surface area (Å²) in [7, 11) is 0. The summed E-state index contributed by atoms with van der Waals surface area (Å²) >= 11 is 0. The quantitative estimate of drug-likeness (QED) is 0.177. The van der Waals surface area contributed by atoms with Crippen molar-refractivity contribution in [2.24, 2.45) is 0 Å². The fourth-order valence-electron chi connectivity index (χ4n) is 7.43. The summed E-state index contributed by atoms with van der Waals surface area (Å²) < 4.78 is 6.72. The van der Waals surface area contributed by atoms with Gasteiger partial charge in [-0.15, -0.1) is 0 Å². The second kappa shape index (κ2) is 12.4. The van der Waals surface area contributed by atoms with E-state index in [-0.39, 0.29) is 0 Å². The molecule has 0 amide bonds. The van der Waals surface area contributed by atoms with Crippen LogP contribution >= 0.6 is 0 Å². The number of nitrogens with zero attached hydrogens (tertiary/aromatic N) is 3. The lowest BCUT2D eigenvalue weighted by molar-refractivity contribution is 0.487. The Kier molecular flexibility index (Phi) is 7.10. The predicted molar refractivity (Wildman–Crippen MR) is 214 cm³/mol. The zero-order valence-corrected chi connectivity index (χ0v) is 28.1. The zero-order chi connectivity index (χ0) is 34.4. The normalized spacial score (nSPS) is 11.6. The molecule has 9 aromatic rings. The summed E-state index contributed by atoms with van der Waals surface area (Å²) in [5.41, 5.74) is 11.7. The molecule has 0 spiro atoms. The van der Waals surface area contributed by atoms with Crippen molar-refractivity contribution in [1.82, 2.24) is 9.97 Å². The van der Waals surface area contributed by atoms with Crippen LogP contribution in [0, 0.1) is 0 Å². The number of hydrogen-bond acceptors (Lipinski definition) is 4. The van der Waals surface area contributed by atoms with Gasteiger partial charge in [0, 0.05) is 50.6 Å². The molecule has 0 aliphatic carbocycles. The monoisotopic (exact) mass is 665 g/mol. The third kappa shape index (κ3) is 5.09. The Labute approximate surface area is 301 Å². The van der Waals surface area contributed by atoms with Gasteiger partial charge in [-0.2, -0.15) is 0 Å². The average Bonchev–Trinajstić information content (AvgIpc) is 3.22. The van der Waals surface area contributed by atoms with Crippen LogP contribution in [0.3, 0.4) is 0 Å². The predicted octanol–water partition coefficient (Wildman–Crippen LogP) is 13.0. The summed E-state index contributed by atoms with van der Waals surface area (Å²) in [5.74, 6) is 2.42. The SMILES string of the molecule is c1ccc(-c2nc(-c3ccc(-c4ccc5c6c(cccc46)-c4ccc(N(c6ccccc6)c6ccccc6)cc4O5)cc3)nc3ccccc23)cc1. The maximum Gasteiger partial charge on any atom is 0.160 e. The highest BCUT2D eigenvalue weighted by Crippen LogP contribution is 2.50. The Balaban J connectivity index is 1.03. The van der Waals surface area contributed by atoms with Gasteiger partial charge in [-0.05, 0) is 70.6 Å². The van der Waals surface area contributed by atoms with Gasteiger partial charge in [0.25, 0.3) is 0 Å². The summed E-state index contributed by atoms with van der Waals surface area (Å²) in [6, 6.07) is 65.4. The maximum absolute atomic E-state index is 6.72. The third-order valence-corrected chi connectivity index (χ3v) is 9.87. The molecular formula is C48H31N3O. The summed E-state index contributed by atoms with van der Waals surface area (Å²) in [5, 5.41) is 3.32. The molecule has 0 N–H and O–H groups in total. The minimum absolute atomic E-state index is 0.712. The Morgan fingerprint density at radius 2 is 1.02 bits per heavy atom. The number of para-hydroxylation sites is 3. The van der Waals surface area contributed by atoms with Gasteiger partial charge in [0.05, 0.1) is 11.2 Å². The van der Waals surface area contributed by atoms with Crippen LogP contribution in [-0.2, 0) is 0 Å².